The Morgan fingerprint density at radius 2 is 1.72 bits per heavy atom. The number of carbonyl (C=O) groups excluding carboxylic acids is 3. The summed E-state index contributed by atoms with van der Waals surface area (Å²) in [4.78, 5) is 33.8. The smallest absolute Gasteiger partial charge is 0.219 e. The Labute approximate surface area is 193 Å². The van der Waals surface area contributed by atoms with Crippen LogP contribution in [0.2, 0.25) is 0 Å². The fraction of sp³-hybridized carbons (Fsp3) is 0.577. The van der Waals surface area contributed by atoms with Crippen LogP contribution in [0.4, 0.5) is 0 Å². The van der Waals surface area contributed by atoms with Crippen LogP contribution in [0.15, 0.2) is 24.3 Å². The molecule has 0 aliphatic carbocycles. The summed E-state index contributed by atoms with van der Waals surface area (Å²) in [5.41, 5.74) is 9.29. The number of benzene rings is 1. The van der Waals surface area contributed by atoms with Crippen molar-refractivity contribution >= 4 is 24.2 Å². The average molecular weight is 444 g/mol. The molecule has 0 fully saturated rings. The van der Waals surface area contributed by atoms with Gasteiger partial charge in [0, 0.05) is 37.2 Å². The van der Waals surface area contributed by atoms with Gasteiger partial charge in [-0.2, -0.15) is 0 Å². The third-order valence-corrected chi connectivity index (χ3v) is 5.26. The van der Waals surface area contributed by atoms with Crippen LogP contribution < -0.4 is 16.4 Å². The second-order valence-electron chi connectivity index (χ2n) is 8.10. The van der Waals surface area contributed by atoms with Gasteiger partial charge in [0.1, 0.15) is 12.6 Å². The number of hydrogen-bond acceptors (Lipinski definition) is 5. The first-order valence-electron chi connectivity index (χ1n) is 12.1. The Morgan fingerprint density at radius 3 is 2.44 bits per heavy atom. The number of nitrogens with one attached hydrogen (secondary N) is 2. The Kier molecular flexibility index (Phi) is 15.6. The number of carbonyl (C=O) groups is 3. The highest BCUT2D eigenvalue weighted by Gasteiger charge is 2.07. The van der Waals surface area contributed by atoms with Crippen LogP contribution in [0.5, 0.6) is 0 Å². The van der Waals surface area contributed by atoms with Gasteiger partial charge < -0.3 is 21.2 Å². The highest BCUT2D eigenvalue weighted by atomic mass is 16.1. The van der Waals surface area contributed by atoms with Gasteiger partial charge in [-0.25, -0.2) is 0 Å². The highest BCUT2D eigenvalue weighted by molar-refractivity contribution is 5.78. The fourth-order valence-electron chi connectivity index (χ4n) is 3.55. The van der Waals surface area contributed by atoms with Gasteiger partial charge in [0.15, 0.2) is 0 Å². The van der Waals surface area contributed by atoms with Crippen molar-refractivity contribution in [3.8, 4) is 0 Å². The maximum absolute atomic E-state index is 11.9. The molecule has 32 heavy (non-hydrogen) atoms. The molecular weight excluding hydrogens is 402 g/mol. The molecule has 0 spiro atoms. The fourth-order valence-corrected chi connectivity index (χ4v) is 3.55. The second-order valence-corrected chi connectivity index (χ2v) is 8.10. The molecule has 0 saturated carbocycles. The molecule has 0 aromatic heterocycles. The first-order valence-corrected chi connectivity index (χ1v) is 12.1. The molecule has 0 saturated heterocycles. The molecule has 0 unspecified atom stereocenters. The van der Waals surface area contributed by atoms with Gasteiger partial charge >= 0.3 is 0 Å². The summed E-state index contributed by atoms with van der Waals surface area (Å²) < 4.78 is 0. The number of allylic oxidation sites excluding steroid dienone is 1. The lowest BCUT2D eigenvalue weighted by Gasteiger charge is -2.14. The maximum atomic E-state index is 11.9. The normalized spacial score (nSPS) is 11.2. The van der Waals surface area contributed by atoms with E-state index in [9.17, 15) is 14.4 Å². The molecule has 0 aliphatic rings. The van der Waals surface area contributed by atoms with Crippen molar-refractivity contribution in [1.29, 1.82) is 0 Å². The van der Waals surface area contributed by atoms with E-state index in [2.05, 4.69) is 29.7 Å². The van der Waals surface area contributed by atoms with Gasteiger partial charge in [-0.3, -0.25) is 9.59 Å². The van der Waals surface area contributed by atoms with Crippen LogP contribution in [0.3, 0.4) is 0 Å². The summed E-state index contributed by atoms with van der Waals surface area (Å²) in [7, 11) is 0. The van der Waals surface area contributed by atoms with E-state index in [1.807, 2.05) is 12.1 Å². The van der Waals surface area contributed by atoms with Gasteiger partial charge in [0.25, 0.3) is 0 Å². The van der Waals surface area contributed by atoms with Gasteiger partial charge in [-0.05, 0) is 80.8 Å². The van der Waals surface area contributed by atoms with Gasteiger partial charge in [-0.1, -0.05) is 25.8 Å². The molecule has 0 radical (unpaired) electrons. The Balaban J connectivity index is 2.58. The Hall–Kier alpha value is -2.47. The van der Waals surface area contributed by atoms with Crippen LogP contribution in [0.25, 0.3) is 5.70 Å². The molecule has 1 amide bonds. The highest BCUT2D eigenvalue weighted by Crippen LogP contribution is 2.18. The minimum atomic E-state index is 0.0925. The Morgan fingerprint density at radius 1 is 0.938 bits per heavy atom. The molecular formula is C26H41N3O3. The lowest BCUT2D eigenvalue weighted by atomic mass is 10.00. The zero-order valence-electron chi connectivity index (χ0n) is 19.7. The molecule has 0 heterocycles. The van der Waals surface area contributed by atoms with E-state index in [0.717, 1.165) is 93.7 Å². The lowest BCUT2D eigenvalue weighted by Crippen LogP contribution is -2.24. The minimum absolute atomic E-state index is 0.0925. The van der Waals surface area contributed by atoms with E-state index in [-0.39, 0.29) is 5.91 Å². The zero-order chi connectivity index (χ0) is 23.4. The van der Waals surface area contributed by atoms with Crippen LogP contribution >= 0.6 is 0 Å². The van der Waals surface area contributed by atoms with Crippen molar-refractivity contribution in [2.45, 2.75) is 77.6 Å². The zero-order valence-corrected chi connectivity index (χ0v) is 19.7. The second kappa shape index (κ2) is 18.1. The molecule has 0 bridgehead atoms. The average Bonchev–Trinajstić information content (AvgIpc) is 2.80. The van der Waals surface area contributed by atoms with E-state index in [1.54, 1.807) is 0 Å². The molecule has 1 aromatic carbocycles. The Bertz CT molecular complexity index is 716. The third-order valence-electron chi connectivity index (χ3n) is 5.26. The predicted octanol–water partition coefficient (Wildman–Crippen LogP) is 4.17. The maximum Gasteiger partial charge on any atom is 0.219 e. The van der Waals surface area contributed by atoms with E-state index < -0.39 is 0 Å². The van der Waals surface area contributed by atoms with Crippen LogP contribution in [0, 0.1) is 0 Å². The van der Waals surface area contributed by atoms with Crippen molar-refractivity contribution in [2.24, 2.45) is 5.73 Å². The summed E-state index contributed by atoms with van der Waals surface area (Å²) >= 11 is 0. The van der Waals surface area contributed by atoms with Crippen molar-refractivity contribution in [3.05, 3.63) is 41.0 Å². The molecule has 0 aliphatic heterocycles. The first-order chi connectivity index (χ1) is 15.6. The van der Waals surface area contributed by atoms with Crippen LogP contribution in [-0.4, -0.2) is 38.1 Å². The first kappa shape index (κ1) is 27.6. The SMILES string of the molecule is CC/C=C(\NCCCCCC=O)c1cc(C=O)cc(CCCNC(=O)CCCCCN)c1. The van der Waals surface area contributed by atoms with Crippen LogP contribution in [0.1, 0.15) is 92.6 Å². The van der Waals surface area contributed by atoms with Crippen molar-refractivity contribution in [1.82, 2.24) is 10.6 Å². The molecule has 0 atom stereocenters. The molecule has 4 N–H and O–H groups in total. The summed E-state index contributed by atoms with van der Waals surface area (Å²) in [6, 6.07) is 5.97. The largest absolute Gasteiger partial charge is 0.385 e. The summed E-state index contributed by atoms with van der Waals surface area (Å²) in [5, 5.41) is 6.47. The minimum Gasteiger partial charge on any atom is -0.385 e. The molecule has 6 nitrogen and oxygen atoms in total. The van der Waals surface area contributed by atoms with Crippen molar-refractivity contribution in [3.63, 3.8) is 0 Å². The lowest BCUT2D eigenvalue weighted by molar-refractivity contribution is -0.121. The number of aryl methyl sites for hydroxylation is 1. The number of unbranched alkanes of at least 4 members (excludes halogenated alkanes) is 5. The summed E-state index contributed by atoms with van der Waals surface area (Å²) in [6.07, 6.45) is 13.5. The van der Waals surface area contributed by atoms with E-state index in [1.165, 1.54) is 0 Å². The summed E-state index contributed by atoms with van der Waals surface area (Å²) in [5.74, 6) is 0.0925. The quantitative estimate of drug-likeness (QED) is 0.220. The number of aldehydes is 2. The summed E-state index contributed by atoms with van der Waals surface area (Å²) in [6.45, 7) is 4.24. The van der Waals surface area contributed by atoms with Gasteiger partial charge in [-0.15, -0.1) is 0 Å². The molecule has 178 valence electrons. The van der Waals surface area contributed by atoms with Gasteiger partial charge in [0.05, 0.1) is 0 Å². The number of amides is 1. The topological polar surface area (TPSA) is 101 Å². The van der Waals surface area contributed by atoms with Crippen molar-refractivity contribution in [2.75, 3.05) is 19.6 Å². The van der Waals surface area contributed by atoms with Crippen LogP contribution in [-0.2, 0) is 16.0 Å². The standard InChI is InChI=1S/C26H41N3O3/c1-2-11-25(28-15-8-3-4-9-17-30)24-19-22(18-23(20-24)21-31)12-10-16-29-26(32)13-6-5-7-14-27/h11,17-21,28H,2-10,12-16,27H2,1H3,(H,29,32)/b25-11-. The third kappa shape index (κ3) is 12.4. The monoisotopic (exact) mass is 443 g/mol. The van der Waals surface area contributed by atoms with E-state index >= 15 is 0 Å². The van der Waals surface area contributed by atoms with E-state index in [4.69, 9.17) is 5.73 Å². The molecule has 6 heteroatoms. The predicted molar refractivity (Wildman–Crippen MR) is 131 cm³/mol. The van der Waals surface area contributed by atoms with Gasteiger partial charge in [0.2, 0.25) is 5.91 Å². The molecule has 1 aromatic rings. The van der Waals surface area contributed by atoms with E-state index in [0.29, 0.717) is 31.5 Å². The van der Waals surface area contributed by atoms with Crippen molar-refractivity contribution < 1.29 is 14.4 Å². The molecule has 1 rings (SSSR count). The number of rotatable bonds is 19. The number of hydrogen-bond donors (Lipinski definition) is 3. The number of nitrogens with two attached hydrogens (primary N) is 1.